The molecule has 0 aliphatic rings. The third kappa shape index (κ3) is 5.31. The van der Waals surface area contributed by atoms with Crippen molar-refractivity contribution in [2.24, 2.45) is 5.10 Å². The Morgan fingerprint density at radius 2 is 1.96 bits per heavy atom. The van der Waals surface area contributed by atoms with Gasteiger partial charge < -0.3 is 14.8 Å². The van der Waals surface area contributed by atoms with Crippen molar-refractivity contribution in [3.8, 4) is 11.5 Å². The predicted octanol–water partition coefficient (Wildman–Crippen LogP) is 3.64. The van der Waals surface area contributed by atoms with E-state index in [4.69, 9.17) is 9.47 Å². The molecule has 0 aromatic heterocycles. The molecule has 0 spiro atoms. The Labute approximate surface area is 141 Å². The van der Waals surface area contributed by atoms with Crippen molar-refractivity contribution in [2.45, 2.75) is 13.3 Å². The van der Waals surface area contributed by atoms with E-state index in [9.17, 15) is 4.79 Å². The summed E-state index contributed by atoms with van der Waals surface area (Å²) in [5.74, 6) is 1.31. The second-order valence-corrected chi connectivity index (χ2v) is 4.95. The molecule has 0 aliphatic heterocycles. The van der Waals surface area contributed by atoms with Crippen LogP contribution < -0.4 is 20.2 Å². The summed E-state index contributed by atoms with van der Waals surface area (Å²) in [7, 11) is 1.59. The number of benzene rings is 2. The molecule has 6 nitrogen and oxygen atoms in total. The van der Waals surface area contributed by atoms with E-state index in [0.29, 0.717) is 23.8 Å². The molecule has 24 heavy (non-hydrogen) atoms. The minimum absolute atomic E-state index is 0.409. The van der Waals surface area contributed by atoms with Crippen LogP contribution in [0.15, 0.2) is 53.6 Å². The molecule has 0 aliphatic carbocycles. The number of amides is 2. The second kappa shape index (κ2) is 9.19. The molecule has 0 atom stereocenters. The van der Waals surface area contributed by atoms with E-state index >= 15 is 0 Å². The number of ether oxygens (including phenoxy) is 2. The van der Waals surface area contributed by atoms with Gasteiger partial charge in [-0.1, -0.05) is 25.1 Å². The molecule has 0 fully saturated rings. The maximum absolute atomic E-state index is 11.7. The van der Waals surface area contributed by atoms with Crippen molar-refractivity contribution in [3.05, 3.63) is 54.1 Å². The zero-order valence-corrected chi connectivity index (χ0v) is 13.8. The Bertz CT molecular complexity index is 687. The third-order valence-electron chi connectivity index (χ3n) is 3.06. The van der Waals surface area contributed by atoms with E-state index in [1.165, 1.54) is 0 Å². The molecule has 2 aromatic carbocycles. The number of nitrogens with one attached hydrogen (secondary N) is 2. The van der Waals surface area contributed by atoms with Crippen LogP contribution in [0.3, 0.4) is 0 Å². The Morgan fingerprint density at radius 1 is 1.17 bits per heavy atom. The molecule has 0 bridgehead atoms. The van der Waals surface area contributed by atoms with E-state index < -0.39 is 6.03 Å². The number of anilines is 1. The number of rotatable bonds is 7. The van der Waals surface area contributed by atoms with E-state index in [-0.39, 0.29) is 0 Å². The normalized spacial score (nSPS) is 10.4. The highest BCUT2D eigenvalue weighted by Crippen LogP contribution is 2.27. The summed E-state index contributed by atoms with van der Waals surface area (Å²) in [6.07, 6.45) is 2.45. The van der Waals surface area contributed by atoms with Crippen molar-refractivity contribution in [3.63, 3.8) is 0 Å². The molecular formula is C18H21N3O3. The highest BCUT2D eigenvalue weighted by molar-refractivity contribution is 5.90. The molecule has 2 rings (SSSR count). The first-order valence-electron chi connectivity index (χ1n) is 7.69. The van der Waals surface area contributed by atoms with E-state index in [0.717, 1.165) is 12.0 Å². The van der Waals surface area contributed by atoms with Gasteiger partial charge in [-0.3, -0.25) is 0 Å². The number of nitrogens with zero attached hydrogens (tertiary/aromatic N) is 1. The van der Waals surface area contributed by atoms with Gasteiger partial charge in [-0.15, -0.1) is 0 Å². The van der Waals surface area contributed by atoms with Crippen LogP contribution in [0.25, 0.3) is 0 Å². The lowest BCUT2D eigenvalue weighted by Gasteiger charge is -2.10. The average Bonchev–Trinajstić information content (AvgIpc) is 2.61. The predicted molar refractivity (Wildman–Crippen MR) is 95.0 cm³/mol. The van der Waals surface area contributed by atoms with Crippen molar-refractivity contribution >= 4 is 17.9 Å². The highest BCUT2D eigenvalue weighted by atomic mass is 16.5. The number of carbonyl (C=O) groups excluding carboxylic acids is 1. The van der Waals surface area contributed by atoms with Gasteiger partial charge in [-0.25, -0.2) is 10.2 Å². The standard InChI is InChI=1S/C18H21N3O3/c1-3-11-24-17-12-14(9-10-16(17)23-2)13-19-21-18(22)20-15-7-5-4-6-8-15/h4-10,12-13H,3,11H2,1-2H3,(H2,20,21,22)/b19-13+. The number of carbonyl (C=O) groups is 1. The van der Waals surface area contributed by atoms with Gasteiger partial charge in [-0.05, 0) is 42.3 Å². The summed E-state index contributed by atoms with van der Waals surface area (Å²) in [5.41, 5.74) is 3.91. The first kappa shape index (κ1) is 17.3. The largest absolute Gasteiger partial charge is 0.493 e. The minimum Gasteiger partial charge on any atom is -0.493 e. The Morgan fingerprint density at radius 3 is 2.67 bits per heavy atom. The molecule has 126 valence electrons. The molecule has 0 heterocycles. The van der Waals surface area contributed by atoms with E-state index in [1.807, 2.05) is 37.3 Å². The number of methoxy groups -OCH3 is 1. The molecule has 0 unspecified atom stereocenters. The maximum atomic E-state index is 11.7. The fourth-order valence-corrected chi connectivity index (χ4v) is 1.94. The molecule has 6 heteroatoms. The molecule has 2 amide bonds. The van der Waals surface area contributed by atoms with Gasteiger partial charge in [0.15, 0.2) is 11.5 Å². The first-order chi connectivity index (χ1) is 11.7. The lowest BCUT2D eigenvalue weighted by atomic mass is 10.2. The fourth-order valence-electron chi connectivity index (χ4n) is 1.94. The van der Waals surface area contributed by atoms with Crippen LogP contribution in [0.4, 0.5) is 10.5 Å². The summed E-state index contributed by atoms with van der Waals surface area (Å²) in [6.45, 7) is 2.64. The van der Waals surface area contributed by atoms with Crippen LogP contribution in [0, 0.1) is 0 Å². The molecule has 0 radical (unpaired) electrons. The molecule has 2 N–H and O–H groups in total. The van der Waals surface area contributed by atoms with Crippen molar-refractivity contribution in [2.75, 3.05) is 19.0 Å². The smallest absolute Gasteiger partial charge is 0.339 e. The lowest BCUT2D eigenvalue weighted by molar-refractivity contribution is 0.252. The number of hydrogen-bond donors (Lipinski definition) is 2. The molecule has 0 saturated heterocycles. The Hall–Kier alpha value is -3.02. The number of para-hydroxylation sites is 1. The first-order valence-corrected chi connectivity index (χ1v) is 7.69. The van der Waals surface area contributed by atoms with Crippen molar-refractivity contribution in [1.82, 2.24) is 5.43 Å². The van der Waals surface area contributed by atoms with Gasteiger partial charge in [0.05, 0.1) is 19.9 Å². The number of hydrogen-bond acceptors (Lipinski definition) is 4. The fraction of sp³-hybridized carbons (Fsp3) is 0.222. The summed E-state index contributed by atoms with van der Waals surface area (Å²) in [6, 6.07) is 14.2. The number of hydrazone groups is 1. The Kier molecular flexibility index (Phi) is 6.64. The van der Waals surface area contributed by atoms with Crippen LogP contribution in [-0.2, 0) is 0 Å². The zero-order chi connectivity index (χ0) is 17.2. The summed E-state index contributed by atoms with van der Waals surface area (Å²) < 4.78 is 10.9. The third-order valence-corrected chi connectivity index (χ3v) is 3.06. The van der Waals surface area contributed by atoms with Gasteiger partial charge in [0.1, 0.15) is 0 Å². The summed E-state index contributed by atoms with van der Waals surface area (Å²) >= 11 is 0. The molecular weight excluding hydrogens is 306 g/mol. The lowest BCUT2D eigenvalue weighted by Crippen LogP contribution is -2.24. The molecule has 2 aromatic rings. The topological polar surface area (TPSA) is 72.0 Å². The summed E-state index contributed by atoms with van der Waals surface area (Å²) in [4.78, 5) is 11.7. The van der Waals surface area contributed by atoms with Crippen LogP contribution >= 0.6 is 0 Å². The molecule has 0 saturated carbocycles. The maximum Gasteiger partial charge on any atom is 0.339 e. The van der Waals surface area contributed by atoms with Gasteiger partial charge in [-0.2, -0.15) is 5.10 Å². The monoisotopic (exact) mass is 327 g/mol. The van der Waals surface area contributed by atoms with Gasteiger partial charge in [0.25, 0.3) is 0 Å². The van der Waals surface area contributed by atoms with Crippen molar-refractivity contribution < 1.29 is 14.3 Å². The zero-order valence-electron chi connectivity index (χ0n) is 13.8. The second-order valence-electron chi connectivity index (χ2n) is 4.95. The van der Waals surface area contributed by atoms with Crippen LogP contribution in [-0.4, -0.2) is 26.0 Å². The van der Waals surface area contributed by atoms with E-state index in [1.54, 1.807) is 31.5 Å². The highest BCUT2D eigenvalue weighted by Gasteiger charge is 2.05. The van der Waals surface area contributed by atoms with Gasteiger partial charge in [0.2, 0.25) is 0 Å². The number of urea groups is 1. The quantitative estimate of drug-likeness (QED) is 0.602. The van der Waals surface area contributed by atoms with Crippen LogP contribution in [0.5, 0.6) is 11.5 Å². The van der Waals surface area contributed by atoms with E-state index in [2.05, 4.69) is 15.8 Å². The Balaban J connectivity index is 1.94. The van der Waals surface area contributed by atoms with Crippen molar-refractivity contribution in [1.29, 1.82) is 0 Å². The minimum atomic E-state index is -0.409. The average molecular weight is 327 g/mol. The van der Waals surface area contributed by atoms with Crippen LogP contribution in [0.1, 0.15) is 18.9 Å². The van der Waals surface area contributed by atoms with Gasteiger partial charge in [0, 0.05) is 5.69 Å². The van der Waals surface area contributed by atoms with Crippen LogP contribution in [0.2, 0.25) is 0 Å². The van der Waals surface area contributed by atoms with Gasteiger partial charge >= 0.3 is 6.03 Å². The summed E-state index contributed by atoms with van der Waals surface area (Å²) in [5, 5.41) is 6.61. The SMILES string of the molecule is CCCOc1cc(/C=N/NC(=O)Nc2ccccc2)ccc1OC.